The van der Waals surface area contributed by atoms with E-state index in [4.69, 9.17) is 5.73 Å². The molecule has 2 unspecified atom stereocenters. The van der Waals surface area contributed by atoms with Gasteiger partial charge in [0.15, 0.2) is 11.6 Å². The molecule has 6 nitrogen and oxygen atoms in total. The maximum absolute atomic E-state index is 14.1. The Morgan fingerprint density at radius 1 is 1.20 bits per heavy atom. The summed E-state index contributed by atoms with van der Waals surface area (Å²) in [5, 5.41) is 3.55. The fourth-order valence-corrected chi connectivity index (χ4v) is 5.74. The van der Waals surface area contributed by atoms with Gasteiger partial charge in [0.2, 0.25) is 5.91 Å². The van der Waals surface area contributed by atoms with Crippen molar-refractivity contribution in [3.63, 3.8) is 0 Å². The third-order valence-electron chi connectivity index (χ3n) is 7.66. The lowest BCUT2D eigenvalue weighted by Crippen LogP contribution is -2.54. The van der Waals surface area contributed by atoms with Gasteiger partial charge in [-0.15, -0.1) is 0 Å². The molecule has 4 rings (SSSR count). The molecule has 2 fully saturated rings. The number of hydrogen-bond acceptors (Lipinski definition) is 4. The summed E-state index contributed by atoms with van der Waals surface area (Å²) < 4.78 is 27.8. The van der Waals surface area contributed by atoms with Crippen molar-refractivity contribution in [2.75, 3.05) is 26.2 Å². The van der Waals surface area contributed by atoms with Gasteiger partial charge < -0.3 is 20.9 Å². The zero-order chi connectivity index (χ0) is 25.3. The van der Waals surface area contributed by atoms with Gasteiger partial charge in [0.05, 0.1) is 5.92 Å². The number of halogens is 2. The first kappa shape index (κ1) is 25.4. The topological polar surface area (TPSA) is 74.0 Å². The van der Waals surface area contributed by atoms with Gasteiger partial charge in [-0.25, -0.2) is 13.8 Å². The minimum atomic E-state index is -0.927. The lowest BCUT2D eigenvalue weighted by molar-refractivity contribution is -0.134. The number of rotatable bonds is 5. The second-order valence-electron chi connectivity index (χ2n) is 10.7. The van der Waals surface area contributed by atoms with Crippen LogP contribution in [0.2, 0.25) is 0 Å². The minimum Gasteiger partial charge on any atom is -0.402 e. The highest BCUT2D eigenvalue weighted by Crippen LogP contribution is 2.35. The summed E-state index contributed by atoms with van der Waals surface area (Å²) in [5.41, 5.74) is 8.68. The Morgan fingerprint density at radius 3 is 2.43 bits per heavy atom. The number of nitrogens with one attached hydrogen (secondary N) is 1. The molecule has 3 N–H and O–H groups in total. The van der Waals surface area contributed by atoms with Gasteiger partial charge >= 0.3 is 0 Å². The van der Waals surface area contributed by atoms with E-state index in [-0.39, 0.29) is 17.5 Å². The van der Waals surface area contributed by atoms with E-state index in [9.17, 15) is 13.6 Å². The van der Waals surface area contributed by atoms with Crippen LogP contribution in [0.4, 0.5) is 8.78 Å². The number of nitrogens with zero attached hydrogens (tertiary/aromatic N) is 3. The number of amidine groups is 1. The van der Waals surface area contributed by atoms with E-state index >= 15 is 0 Å². The molecule has 0 spiro atoms. The summed E-state index contributed by atoms with van der Waals surface area (Å²) in [6.45, 7) is 12.4. The molecule has 1 aromatic rings. The largest absolute Gasteiger partial charge is 0.402 e. The van der Waals surface area contributed by atoms with E-state index in [2.05, 4.69) is 42.6 Å². The molecule has 0 saturated carbocycles. The van der Waals surface area contributed by atoms with Crippen LogP contribution >= 0.6 is 0 Å². The van der Waals surface area contributed by atoms with E-state index in [0.29, 0.717) is 37.7 Å². The average molecular weight is 486 g/mol. The molecule has 2 aliphatic heterocycles. The number of carbonyl (C=O) groups is 1. The zero-order valence-corrected chi connectivity index (χ0v) is 21.0. The van der Waals surface area contributed by atoms with Crippen molar-refractivity contribution >= 4 is 11.7 Å². The van der Waals surface area contributed by atoms with Crippen LogP contribution in [0.1, 0.15) is 57.9 Å². The van der Waals surface area contributed by atoms with Crippen LogP contribution in [0.25, 0.3) is 0 Å². The average Bonchev–Trinajstić information content (AvgIpc) is 3.35. The smallest absolute Gasteiger partial charge is 0.231 e. The molecule has 1 aromatic carbocycles. The maximum Gasteiger partial charge on any atom is 0.231 e. The molecule has 190 valence electrons. The highest BCUT2D eigenvalue weighted by Gasteiger charge is 2.41. The normalized spacial score (nSPS) is 25.8. The minimum absolute atomic E-state index is 0.0546. The summed E-state index contributed by atoms with van der Waals surface area (Å²) in [4.78, 5) is 22.4. The molecule has 35 heavy (non-hydrogen) atoms. The number of amides is 1. The predicted molar refractivity (Wildman–Crippen MR) is 135 cm³/mol. The fraction of sp³-hybridized carbons (Fsp3) is 0.556. The molecule has 0 bridgehead atoms. The molecule has 0 radical (unpaired) electrons. The van der Waals surface area contributed by atoms with Crippen LogP contribution in [-0.4, -0.2) is 59.3 Å². The summed E-state index contributed by atoms with van der Waals surface area (Å²) >= 11 is 0. The van der Waals surface area contributed by atoms with Gasteiger partial charge in [0.1, 0.15) is 5.84 Å². The molecular formula is C27H37F2N5O. The molecular weight excluding hydrogens is 448 g/mol. The molecule has 2 saturated heterocycles. The lowest BCUT2D eigenvalue weighted by Gasteiger charge is -2.39. The Hall–Kier alpha value is -2.74. The number of nitrogens with two attached hydrogens (primary N) is 1. The third kappa shape index (κ3) is 5.27. The first-order valence-electron chi connectivity index (χ1n) is 12.5. The zero-order valence-electron chi connectivity index (χ0n) is 21.0. The van der Waals surface area contributed by atoms with Gasteiger partial charge in [0, 0.05) is 55.2 Å². The fourth-order valence-electron chi connectivity index (χ4n) is 5.74. The van der Waals surface area contributed by atoms with Crippen molar-refractivity contribution in [2.45, 2.75) is 64.0 Å². The quantitative estimate of drug-likeness (QED) is 0.490. The molecule has 8 heteroatoms. The first-order chi connectivity index (χ1) is 16.6. The van der Waals surface area contributed by atoms with Crippen molar-refractivity contribution in [3.8, 4) is 0 Å². The Kier molecular flexibility index (Phi) is 7.31. The third-order valence-corrected chi connectivity index (χ3v) is 7.66. The Bertz CT molecular complexity index is 1040. The number of carbonyl (C=O) groups excluding carboxylic acids is 1. The molecule has 3 atom stereocenters. The Balaban J connectivity index is 1.53. The van der Waals surface area contributed by atoms with E-state index in [0.717, 1.165) is 48.9 Å². The summed E-state index contributed by atoms with van der Waals surface area (Å²) in [6.07, 6.45) is 5.13. The van der Waals surface area contributed by atoms with Crippen molar-refractivity contribution in [1.82, 2.24) is 15.1 Å². The monoisotopic (exact) mass is 485 g/mol. The number of aliphatic imine (C=N–C) groups is 1. The van der Waals surface area contributed by atoms with Gasteiger partial charge in [0.25, 0.3) is 0 Å². The van der Waals surface area contributed by atoms with Gasteiger partial charge in [-0.1, -0.05) is 19.6 Å². The summed E-state index contributed by atoms with van der Waals surface area (Å²) in [6, 6.07) is 3.69. The van der Waals surface area contributed by atoms with E-state index in [1.54, 1.807) is 6.20 Å². The van der Waals surface area contributed by atoms with Crippen LogP contribution in [0.5, 0.6) is 0 Å². The second-order valence-corrected chi connectivity index (χ2v) is 10.7. The number of hydrogen-bond donors (Lipinski definition) is 2. The van der Waals surface area contributed by atoms with Crippen LogP contribution in [0.15, 0.2) is 47.2 Å². The van der Waals surface area contributed by atoms with Gasteiger partial charge in [-0.3, -0.25) is 4.79 Å². The van der Waals surface area contributed by atoms with Crippen molar-refractivity contribution in [3.05, 3.63) is 59.4 Å². The first-order valence-corrected chi connectivity index (χ1v) is 12.5. The summed E-state index contributed by atoms with van der Waals surface area (Å²) in [5.74, 6) is -1.27. The van der Waals surface area contributed by atoms with Gasteiger partial charge in [-0.2, -0.15) is 0 Å². The molecule has 0 aromatic heterocycles. The number of piperazine rings is 1. The van der Waals surface area contributed by atoms with Gasteiger partial charge in [-0.05, 0) is 63.1 Å². The van der Waals surface area contributed by atoms with Crippen molar-refractivity contribution < 1.29 is 13.6 Å². The van der Waals surface area contributed by atoms with Crippen LogP contribution in [-0.2, 0) is 4.79 Å². The SMILES string of the molecule is C=C/N=C(\C1=C(N)CCC1C)N1CCN(C(=O)C(c2ccc(F)c(F)c2)[C@@H]2CCC(C)(C)N2)CC1. The van der Waals surface area contributed by atoms with Crippen LogP contribution in [0.3, 0.4) is 0 Å². The second kappa shape index (κ2) is 10.1. The van der Waals surface area contributed by atoms with E-state index < -0.39 is 17.6 Å². The van der Waals surface area contributed by atoms with Crippen molar-refractivity contribution in [1.29, 1.82) is 0 Å². The number of allylic oxidation sites excluding steroid dienone is 1. The molecule has 3 aliphatic rings. The predicted octanol–water partition coefficient (Wildman–Crippen LogP) is 3.91. The molecule has 1 aliphatic carbocycles. The number of benzene rings is 1. The summed E-state index contributed by atoms with van der Waals surface area (Å²) in [7, 11) is 0. The lowest BCUT2D eigenvalue weighted by atomic mass is 9.88. The van der Waals surface area contributed by atoms with E-state index in [1.807, 2.05) is 4.90 Å². The highest BCUT2D eigenvalue weighted by atomic mass is 19.2. The van der Waals surface area contributed by atoms with Crippen molar-refractivity contribution in [2.24, 2.45) is 16.6 Å². The highest BCUT2D eigenvalue weighted by molar-refractivity contribution is 6.00. The van der Waals surface area contributed by atoms with Crippen LogP contribution in [0, 0.1) is 17.6 Å². The van der Waals surface area contributed by atoms with E-state index in [1.165, 1.54) is 12.1 Å². The Morgan fingerprint density at radius 2 is 1.89 bits per heavy atom. The maximum atomic E-state index is 14.1. The molecule has 1 amide bonds. The Labute approximate surface area is 206 Å². The molecule has 2 heterocycles. The standard InChI is InChI=1S/C27H37F2N5O/c1-5-31-25(23-17(2)6-9-21(23)30)33-12-14-34(15-13-33)26(35)24(22-10-11-27(3,4)32-22)18-7-8-19(28)20(29)16-18/h5,7-8,16-17,22,24,32H,1,6,9-15,30H2,2-4H3/b31-25+/t17?,22-,24?/m0/s1. The van der Waals surface area contributed by atoms with Crippen LogP contribution < -0.4 is 11.1 Å².